The molecule has 1 N–H and O–H groups in total. The molecular formula is C34H37F2N5O4. The fourth-order valence-corrected chi connectivity index (χ4v) is 6.42. The second-order valence-electron chi connectivity index (χ2n) is 12.8. The number of aliphatic hydroxyl groups is 1. The summed E-state index contributed by atoms with van der Waals surface area (Å²) in [6.07, 6.45) is 4.34. The van der Waals surface area contributed by atoms with Crippen LogP contribution < -0.4 is 4.74 Å². The van der Waals surface area contributed by atoms with Crippen LogP contribution in [0.15, 0.2) is 36.5 Å². The van der Waals surface area contributed by atoms with E-state index in [4.69, 9.17) is 9.47 Å². The fraction of sp³-hybridized carbons (Fsp3) is 0.441. The number of fused-ring (bicyclic) bond motifs is 3. The number of aromatic nitrogens is 5. The highest BCUT2D eigenvalue weighted by Crippen LogP contribution is 2.61. The normalized spacial score (nSPS) is 18.4. The van der Waals surface area contributed by atoms with E-state index in [0.717, 1.165) is 47.6 Å². The van der Waals surface area contributed by atoms with Crippen molar-refractivity contribution in [1.82, 2.24) is 25.2 Å². The van der Waals surface area contributed by atoms with Crippen LogP contribution in [0.3, 0.4) is 0 Å². The highest BCUT2D eigenvalue weighted by molar-refractivity contribution is 5.80. The number of rotatable bonds is 11. The van der Waals surface area contributed by atoms with E-state index in [1.165, 1.54) is 10.9 Å². The van der Waals surface area contributed by atoms with Gasteiger partial charge >= 0.3 is 5.97 Å². The van der Waals surface area contributed by atoms with Crippen molar-refractivity contribution in [3.8, 4) is 28.4 Å². The Morgan fingerprint density at radius 3 is 2.58 bits per heavy atom. The number of halogens is 2. The predicted octanol–water partition coefficient (Wildman–Crippen LogP) is 5.88. The first-order chi connectivity index (χ1) is 21.4. The number of esters is 1. The Morgan fingerprint density at radius 2 is 1.87 bits per heavy atom. The molecule has 9 nitrogen and oxygen atoms in total. The van der Waals surface area contributed by atoms with Gasteiger partial charge in [-0.3, -0.25) is 4.79 Å². The van der Waals surface area contributed by atoms with Gasteiger partial charge in [-0.15, -0.1) is 10.2 Å². The van der Waals surface area contributed by atoms with E-state index in [-0.39, 0.29) is 48.0 Å². The summed E-state index contributed by atoms with van der Waals surface area (Å²) in [6.45, 7) is 9.58. The van der Waals surface area contributed by atoms with Gasteiger partial charge in [0, 0.05) is 40.9 Å². The van der Waals surface area contributed by atoms with Crippen LogP contribution in [0, 0.1) is 37.3 Å². The molecule has 45 heavy (non-hydrogen) atoms. The molecule has 1 saturated carbocycles. The van der Waals surface area contributed by atoms with Gasteiger partial charge in [0.2, 0.25) is 11.7 Å². The molecule has 6 rings (SSSR count). The van der Waals surface area contributed by atoms with E-state index >= 15 is 4.39 Å². The SMILES string of the molecule is CCCCOC(=O)[C@H]1[C@@H]2Cc3cc(OCc4cc(-c5c(C)cc(-c6nnn(CC(C)(C)O)n6)cc5C)c(F)cc4F)ncc3[C@@H]21. The Balaban J connectivity index is 1.16. The number of hydrogen-bond donors (Lipinski definition) is 1. The molecule has 0 bridgehead atoms. The molecule has 0 unspecified atom stereocenters. The van der Waals surface area contributed by atoms with Gasteiger partial charge in [-0.05, 0) is 97.7 Å². The molecular weight excluding hydrogens is 580 g/mol. The molecule has 2 aromatic heterocycles. The summed E-state index contributed by atoms with van der Waals surface area (Å²) in [5, 5.41) is 22.6. The van der Waals surface area contributed by atoms with E-state index in [1.54, 1.807) is 20.0 Å². The van der Waals surface area contributed by atoms with Crippen molar-refractivity contribution >= 4 is 5.97 Å². The predicted molar refractivity (Wildman–Crippen MR) is 162 cm³/mol. The van der Waals surface area contributed by atoms with Crippen LogP contribution in [0.2, 0.25) is 0 Å². The summed E-state index contributed by atoms with van der Waals surface area (Å²) in [4.78, 5) is 18.2. The van der Waals surface area contributed by atoms with E-state index in [1.807, 2.05) is 32.0 Å². The molecule has 3 atom stereocenters. The molecule has 0 spiro atoms. The van der Waals surface area contributed by atoms with Crippen LogP contribution in [0.1, 0.15) is 67.3 Å². The number of unbranched alkanes of at least 4 members (excludes halogenated alkanes) is 1. The number of carbonyl (C=O) groups excluding carboxylic acids is 1. The van der Waals surface area contributed by atoms with Crippen molar-refractivity contribution in [2.24, 2.45) is 11.8 Å². The van der Waals surface area contributed by atoms with Gasteiger partial charge in [-0.1, -0.05) is 13.3 Å². The number of tetrazole rings is 1. The van der Waals surface area contributed by atoms with Crippen LogP contribution in [-0.2, 0) is 29.1 Å². The van der Waals surface area contributed by atoms with Gasteiger partial charge in [-0.2, -0.15) is 4.80 Å². The molecule has 2 heterocycles. The van der Waals surface area contributed by atoms with E-state index in [2.05, 4.69) is 27.3 Å². The molecule has 0 amide bonds. The van der Waals surface area contributed by atoms with Crippen molar-refractivity contribution in [2.45, 2.75) is 78.6 Å². The first-order valence-corrected chi connectivity index (χ1v) is 15.3. The zero-order chi connectivity index (χ0) is 32.0. The van der Waals surface area contributed by atoms with Crippen LogP contribution in [0.4, 0.5) is 8.78 Å². The first kappa shape index (κ1) is 30.8. The lowest BCUT2D eigenvalue weighted by atomic mass is 9.92. The van der Waals surface area contributed by atoms with Crippen LogP contribution >= 0.6 is 0 Å². The minimum Gasteiger partial charge on any atom is -0.473 e. The number of benzene rings is 2. The number of pyridine rings is 1. The molecule has 11 heteroatoms. The van der Waals surface area contributed by atoms with Gasteiger partial charge in [-0.25, -0.2) is 13.8 Å². The third-order valence-corrected chi connectivity index (χ3v) is 8.55. The molecule has 0 aliphatic heterocycles. The molecule has 1 fully saturated rings. The average molecular weight is 618 g/mol. The minimum absolute atomic E-state index is 0.0976. The van der Waals surface area contributed by atoms with Gasteiger partial charge < -0.3 is 14.6 Å². The number of hydrogen-bond acceptors (Lipinski definition) is 8. The molecule has 0 radical (unpaired) electrons. The summed E-state index contributed by atoms with van der Waals surface area (Å²) in [5.74, 6) is -0.503. The highest BCUT2D eigenvalue weighted by atomic mass is 19.1. The second-order valence-corrected chi connectivity index (χ2v) is 12.8. The Labute approximate surface area is 260 Å². The Kier molecular flexibility index (Phi) is 8.15. The smallest absolute Gasteiger partial charge is 0.309 e. The summed E-state index contributed by atoms with van der Waals surface area (Å²) >= 11 is 0. The lowest BCUT2D eigenvalue weighted by molar-refractivity contribution is -0.145. The van der Waals surface area contributed by atoms with Crippen molar-refractivity contribution in [1.29, 1.82) is 0 Å². The summed E-state index contributed by atoms with van der Waals surface area (Å²) in [6, 6.07) is 7.88. The maximum absolute atomic E-state index is 15.2. The number of aryl methyl sites for hydroxylation is 2. The Morgan fingerprint density at radius 1 is 1.11 bits per heavy atom. The highest BCUT2D eigenvalue weighted by Gasteiger charge is 2.60. The van der Waals surface area contributed by atoms with E-state index in [0.29, 0.717) is 29.4 Å². The Bertz CT molecular complexity index is 1740. The Hall–Kier alpha value is -4.25. The zero-order valence-corrected chi connectivity index (χ0v) is 26.1. The maximum Gasteiger partial charge on any atom is 0.309 e. The first-order valence-electron chi connectivity index (χ1n) is 15.3. The number of nitrogens with zero attached hydrogens (tertiary/aromatic N) is 5. The average Bonchev–Trinajstić information content (AvgIpc) is 3.27. The third-order valence-electron chi connectivity index (χ3n) is 8.55. The topological polar surface area (TPSA) is 112 Å². The van der Waals surface area contributed by atoms with Crippen molar-refractivity contribution < 1.29 is 28.2 Å². The summed E-state index contributed by atoms with van der Waals surface area (Å²) in [5.41, 5.74) is 4.43. The summed E-state index contributed by atoms with van der Waals surface area (Å²) in [7, 11) is 0. The second kappa shape index (κ2) is 11.9. The van der Waals surface area contributed by atoms with Crippen LogP contribution in [0.5, 0.6) is 5.88 Å². The van der Waals surface area contributed by atoms with Crippen molar-refractivity contribution in [2.75, 3.05) is 6.61 Å². The molecule has 4 aromatic rings. The monoisotopic (exact) mass is 617 g/mol. The minimum atomic E-state index is -1.000. The van der Waals surface area contributed by atoms with Gasteiger partial charge in [0.15, 0.2) is 0 Å². The van der Waals surface area contributed by atoms with E-state index in [9.17, 15) is 14.3 Å². The van der Waals surface area contributed by atoms with Crippen molar-refractivity contribution in [3.05, 3.63) is 76.0 Å². The third kappa shape index (κ3) is 6.31. The molecule has 2 aliphatic carbocycles. The molecule has 2 aliphatic rings. The molecule has 0 saturated heterocycles. The molecule has 2 aromatic carbocycles. The van der Waals surface area contributed by atoms with Gasteiger partial charge in [0.1, 0.15) is 18.2 Å². The van der Waals surface area contributed by atoms with E-state index < -0.39 is 17.2 Å². The maximum atomic E-state index is 15.2. The number of carbonyl (C=O) groups is 1. The molecule has 236 valence electrons. The van der Waals surface area contributed by atoms with Gasteiger partial charge in [0.25, 0.3) is 0 Å². The summed E-state index contributed by atoms with van der Waals surface area (Å²) < 4.78 is 41.4. The lowest BCUT2D eigenvalue weighted by Gasteiger charge is -2.15. The van der Waals surface area contributed by atoms with Crippen molar-refractivity contribution in [3.63, 3.8) is 0 Å². The standard InChI is InChI=1S/C34H37F2N5O4/c1-6-7-8-44-33(42)31-24-11-20-13-28(37-15-25(20)30(24)31)45-16-22-12-23(27(36)14-26(22)35)29-18(2)9-21(10-19(29)3)32-38-40-41(39-32)17-34(4,5)43/h9-10,12-15,24,30-31,43H,6-8,11,16-17H2,1-5H3/t24-,30-,31+/m1/s1. The number of ether oxygens (including phenoxy) is 2. The lowest BCUT2D eigenvalue weighted by Crippen LogP contribution is -2.27. The zero-order valence-electron chi connectivity index (χ0n) is 26.1. The van der Waals surface area contributed by atoms with Crippen LogP contribution in [0.25, 0.3) is 22.5 Å². The van der Waals surface area contributed by atoms with Crippen LogP contribution in [-0.4, -0.2) is 48.5 Å². The van der Waals surface area contributed by atoms with Gasteiger partial charge in [0.05, 0.1) is 24.7 Å². The quantitative estimate of drug-likeness (QED) is 0.164. The fourth-order valence-electron chi connectivity index (χ4n) is 6.42. The largest absolute Gasteiger partial charge is 0.473 e.